The van der Waals surface area contributed by atoms with Crippen molar-refractivity contribution in [2.75, 3.05) is 13.2 Å². The van der Waals surface area contributed by atoms with E-state index in [4.69, 9.17) is 4.74 Å². The molecular weight excluding hydrogens is 334 g/mol. The molecule has 0 spiro atoms. The second-order valence-corrected chi connectivity index (χ2v) is 8.85. The van der Waals surface area contributed by atoms with Gasteiger partial charge in [0.05, 0.1) is 11.5 Å². The minimum Gasteiger partial charge on any atom is -0.493 e. The molecule has 0 saturated heterocycles. The van der Waals surface area contributed by atoms with Crippen molar-refractivity contribution < 1.29 is 13.2 Å². The van der Waals surface area contributed by atoms with Crippen molar-refractivity contribution >= 4 is 10.0 Å². The van der Waals surface area contributed by atoms with Gasteiger partial charge in [-0.1, -0.05) is 44.2 Å². The number of para-hydroxylation sites is 1. The lowest BCUT2D eigenvalue weighted by Crippen LogP contribution is -2.34. The zero-order chi connectivity index (χ0) is 17.9. The summed E-state index contributed by atoms with van der Waals surface area (Å²) in [6.45, 7) is 5.21. The van der Waals surface area contributed by atoms with Crippen LogP contribution < -0.4 is 9.46 Å². The van der Waals surface area contributed by atoms with Crippen molar-refractivity contribution in [3.05, 3.63) is 59.7 Å². The van der Waals surface area contributed by atoms with Gasteiger partial charge in [-0.15, -0.1) is 0 Å². The first-order valence-electron chi connectivity index (χ1n) is 8.73. The van der Waals surface area contributed by atoms with Crippen LogP contribution in [-0.4, -0.2) is 21.6 Å². The van der Waals surface area contributed by atoms with E-state index < -0.39 is 10.0 Å². The van der Waals surface area contributed by atoms with E-state index in [-0.39, 0.29) is 5.92 Å². The predicted molar refractivity (Wildman–Crippen MR) is 99.3 cm³/mol. The topological polar surface area (TPSA) is 55.4 Å². The molecule has 134 valence electrons. The Kier molecular flexibility index (Phi) is 5.45. The number of ether oxygens (including phenoxy) is 1. The van der Waals surface area contributed by atoms with Gasteiger partial charge in [-0.2, -0.15) is 0 Å². The van der Waals surface area contributed by atoms with Crippen molar-refractivity contribution in [3.8, 4) is 5.75 Å². The number of fused-ring (bicyclic) bond motifs is 1. The Morgan fingerprint density at radius 2 is 1.84 bits per heavy atom. The number of nitrogens with one attached hydrogen (secondary N) is 1. The van der Waals surface area contributed by atoms with Crippen LogP contribution in [0.5, 0.6) is 5.75 Å². The van der Waals surface area contributed by atoms with E-state index in [1.165, 1.54) is 0 Å². The normalized spacial score (nSPS) is 17.2. The Labute approximate surface area is 150 Å². The number of benzene rings is 2. The maximum atomic E-state index is 12.5. The van der Waals surface area contributed by atoms with E-state index in [9.17, 15) is 8.42 Å². The number of sulfonamides is 1. The highest BCUT2D eigenvalue weighted by atomic mass is 32.2. The van der Waals surface area contributed by atoms with Crippen LogP contribution >= 0.6 is 0 Å². The molecule has 1 atom stereocenters. The molecule has 0 aliphatic carbocycles. The Hall–Kier alpha value is -1.85. The third kappa shape index (κ3) is 4.61. The molecule has 0 amide bonds. The molecular formula is C20H25NO3S. The van der Waals surface area contributed by atoms with Crippen molar-refractivity contribution in [2.45, 2.75) is 31.6 Å². The molecule has 0 saturated carbocycles. The molecule has 25 heavy (non-hydrogen) atoms. The van der Waals surface area contributed by atoms with Gasteiger partial charge in [0.1, 0.15) is 5.75 Å². The van der Waals surface area contributed by atoms with E-state index in [1.807, 2.05) is 36.4 Å². The standard InChI is InChI=1S/C20H25NO3S/c1-15(2)11-16-7-9-19(10-8-16)25(22,23)21-13-17-12-18-5-3-4-6-20(18)24-14-17/h3-10,15,17,21H,11-14H2,1-2H3. The van der Waals surface area contributed by atoms with Crippen LogP contribution in [0, 0.1) is 11.8 Å². The molecule has 1 aliphatic rings. The zero-order valence-corrected chi connectivity index (χ0v) is 15.6. The van der Waals surface area contributed by atoms with E-state index >= 15 is 0 Å². The van der Waals surface area contributed by atoms with Gasteiger partial charge in [0, 0.05) is 12.5 Å². The number of rotatable bonds is 6. The molecule has 1 N–H and O–H groups in total. The van der Waals surface area contributed by atoms with Crippen molar-refractivity contribution in [1.82, 2.24) is 4.72 Å². The fourth-order valence-corrected chi connectivity index (χ4v) is 4.23. The van der Waals surface area contributed by atoms with Gasteiger partial charge in [-0.25, -0.2) is 13.1 Å². The SMILES string of the molecule is CC(C)Cc1ccc(S(=O)(=O)NCC2COc3ccccc3C2)cc1. The summed E-state index contributed by atoms with van der Waals surface area (Å²) < 4.78 is 33.5. The van der Waals surface area contributed by atoms with Gasteiger partial charge in [0.15, 0.2) is 0 Å². The first kappa shape index (κ1) is 18.0. The van der Waals surface area contributed by atoms with Crippen LogP contribution in [0.4, 0.5) is 0 Å². The van der Waals surface area contributed by atoms with Crippen LogP contribution in [0.2, 0.25) is 0 Å². The molecule has 2 aromatic carbocycles. The Balaban J connectivity index is 1.60. The van der Waals surface area contributed by atoms with Crippen LogP contribution in [0.1, 0.15) is 25.0 Å². The maximum absolute atomic E-state index is 12.5. The fourth-order valence-electron chi connectivity index (χ4n) is 3.11. The number of hydrogen-bond donors (Lipinski definition) is 1. The minimum absolute atomic E-state index is 0.143. The molecule has 5 heteroatoms. The summed E-state index contributed by atoms with van der Waals surface area (Å²) in [6, 6.07) is 15.1. The number of hydrogen-bond acceptors (Lipinski definition) is 3. The summed E-state index contributed by atoms with van der Waals surface area (Å²) in [4.78, 5) is 0.317. The van der Waals surface area contributed by atoms with Crippen molar-refractivity contribution in [2.24, 2.45) is 11.8 Å². The summed E-state index contributed by atoms with van der Waals surface area (Å²) in [7, 11) is -3.49. The highest BCUT2D eigenvalue weighted by Gasteiger charge is 2.22. The zero-order valence-electron chi connectivity index (χ0n) is 14.7. The average molecular weight is 359 g/mol. The Bertz CT molecular complexity index is 813. The van der Waals surface area contributed by atoms with Gasteiger partial charge in [0.25, 0.3) is 0 Å². The molecule has 0 radical (unpaired) electrons. The van der Waals surface area contributed by atoms with Crippen molar-refractivity contribution in [3.63, 3.8) is 0 Å². The van der Waals surface area contributed by atoms with Crippen LogP contribution in [-0.2, 0) is 22.9 Å². The minimum atomic E-state index is -3.49. The first-order valence-corrected chi connectivity index (χ1v) is 10.2. The van der Waals surface area contributed by atoms with Crippen LogP contribution in [0.15, 0.2) is 53.4 Å². The summed E-state index contributed by atoms with van der Waals surface area (Å²) in [5, 5.41) is 0. The van der Waals surface area contributed by atoms with Gasteiger partial charge < -0.3 is 4.74 Å². The molecule has 1 aliphatic heterocycles. The highest BCUT2D eigenvalue weighted by molar-refractivity contribution is 7.89. The molecule has 2 aromatic rings. The van der Waals surface area contributed by atoms with E-state index in [0.717, 1.165) is 29.7 Å². The predicted octanol–water partition coefficient (Wildman–Crippen LogP) is 3.41. The summed E-state index contributed by atoms with van der Waals surface area (Å²) in [5.74, 6) is 1.60. The summed E-state index contributed by atoms with van der Waals surface area (Å²) in [5.41, 5.74) is 2.29. The van der Waals surface area contributed by atoms with Gasteiger partial charge in [0.2, 0.25) is 10.0 Å². The lowest BCUT2D eigenvalue weighted by molar-refractivity contribution is 0.223. The Morgan fingerprint density at radius 1 is 1.12 bits per heavy atom. The largest absolute Gasteiger partial charge is 0.493 e. The van der Waals surface area contributed by atoms with Gasteiger partial charge in [-0.05, 0) is 48.1 Å². The van der Waals surface area contributed by atoms with E-state index in [1.54, 1.807) is 12.1 Å². The smallest absolute Gasteiger partial charge is 0.240 e. The quantitative estimate of drug-likeness (QED) is 0.860. The maximum Gasteiger partial charge on any atom is 0.240 e. The second-order valence-electron chi connectivity index (χ2n) is 7.08. The molecule has 0 fully saturated rings. The lowest BCUT2D eigenvalue weighted by Gasteiger charge is -2.25. The molecule has 1 heterocycles. The van der Waals surface area contributed by atoms with Crippen molar-refractivity contribution in [1.29, 1.82) is 0 Å². The summed E-state index contributed by atoms with van der Waals surface area (Å²) in [6.07, 6.45) is 1.78. The van der Waals surface area contributed by atoms with Gasteiger partial charge >= 0.3 is 0 Å². The first-order chi connectivity index (χ1) is 11.9. The second kappa shape index (κ2) is 7.58. The van der Waals surface area contributed by atoms with Crippen LogP contribution in [0.3, 0.4) is 0 Å². The summed E-state index contributed by atoms with van der Waals surface area (Å²) >= 11 is 0. The molecule has 3 rings (SSSR count). The third-order valence-electron chi connectivity index (χ3n) is 4.40. The molecule has 0 aromatic heterocycles. The Morgan fingerprint density at radius 3 is 2.56 bits per heavy atom. The van der Waals surface area contributed by atoms with E-state index in [2.05, 4.69) is 18.6 Å². The fraction of sp³-hybridized carbons (Fsp3) is 0.400. The monoisotopic (exact) mass is 359 g/mol. The van der Waals surface area contributed by atoms with E-state index in [0.29, 0.717) is 24.0 Å². The van der Waals surface area contributed by atoms with Gasteiger partial charge in [-0.3, -0.25) is 0 Å². The molecule has 0 bridgehead atoms. The van der Waals surface area contributed by atoms with Crippen LogP contribution in [0.25, 0.3) is 0 Å². The molecule has 1 unspecified atom stereocenters. The average Bonchev–Trinajstić information content (AvgIpc) is 2.60. The third-order valence-corrected chi connectivity index (χ3v) is 5.83. The molecule has 4 nitrogen and oxygen atoms in total. The highest BCUT2D eigenvalue weighted by Crippen LogP contribution is 2.26. The lowest BCUT2D eigenvalue weighted by atomic mass is 9.97.